The van der Waals surface area contributed by atoms with Crippen LogP contribution in [0.4, 0.5) is 0 Å². The van der Waals surface area contributed by atoms with Gasteiger partial charge in [0.05, 0.1) is 18.7 Å². The van der Waals surface area contributed by atoms with Crippen LogP contribution in [0.1, 0.15) is 27.9 Å². The zero-order valence-corrected chi connectivity index (χ0v) is 13.9. The molecule has 0 radical (unpaired) electrons. The van der Waals surface area contributed by atoms with Crippen LogP contribution in [0, 0.1) is 11.3 Å². The van der Waals surface area contributed by atoms with Gasteiger partial charge in [0.15, 0.2) is 0 Å². The van der Waals surface area contributed by atoms with Crippen LogP contribution in [0.3, 0.4) is 0 Å². The van der Waals surface area contributed by atoms with Crippen LogP contribution in [0.25, 0.3) is 23.0 Å². The second-order valence-electron chi connectivity index (χ2n) is 5.98. The van der Waals surface area contributed by atoms with E-state index in [1.54, 1.807) is 7.11 Å². The topological polar surface area (TPSA) is 45.9 Å². The molecule has 1 heterocycles. The highest BCUT2D eigenvalue weighted by atomic mass is 16.5. The second-order valence-corrected chi connectivity index (χ2v) is 5.98. The number of hydrogen-bond donors (Lipinski definition) is 0. The van der Waals surface area contributed by atoms with Crippen LogP contribution in [0.5, 0.6) is 0 Å². The highest BCUT2D eigenvalue weighted by Crippen LogP contribution is 2.33. The summed E-state index contributed by atoms with van der Waals surface area (Å²) in [5.41, 5.74) is 6.83. The van der Waals surface area contributed by atoms with E-state index < -0.39 is 0 Å². The summed E-state index contributed by atoms with van der Waals surface area (Å²) in [6.45, 7) is 0. The van der Waals surface area contributed by atoms with Gasteiger partial charge in [-0.05, 0) is 40.5 Å². The molecule has 0 saturated carbocycles. The smallest absolute Gasteiger partial charge is 0.145 e. The molecular weight excluding hydrogens is 308 g/mol. The lowest BCUT2D eigenvalue weighted by molar-refractivity contribution is 0.370. The monoisotopic (exact) mass is 324 g/mol. The predicted octanol–water partition coefficient (Wildman–Crippen LogP) is 4.67. The van der Waals surface area contributed by atoms with Crippen LogP contribution in [0.15, 0.2) is 60.8 Å². The number of ether oxygens (including phenoxy) is 1. The molecule has 1 aromatic heterocycles. The molecule has 0 bridgehead atoms. The fraction of sp³-hybridized carbons (Fsp3) is 0.0909. The number of pyridine rings is 1. The van der Waals surface area contributed by atoms with Crippen molar-refractivity contribution in [3.05, 3.63) is 88.7 Å². The van der Waals surface area contributed by atoms with E-state index in [4.69, 9.17) is 4.74 Å². The Balaban J connectivity index is 1.90. The van der Waals surface area contributed by atoms with Crippen LogP contribution < -0.4 is 0 Å². The number of nitriles is 1. The van der Waals surface area contributed by atoms with Gasteiger partial charge in [0, 0.05) is 18.2 Å². The first-order chi connectivity index (χ1) is 12.3. The van der Waals surface area contributed by atoms with E-state index in [1.807, 2.05) is 42.6 Å². The number of rotatable bonds is 2. The zero-order valence-electron chi connectivity index (χ0n) is 13.9. The van der Waals surface area contributed by atoms with Gasteiger partial charge in [0.25, 0.3) is 0 Å². The first-order valence-corrected chi connectivity index (χ1v) is 8.12. The molecule has 25 heavy (non-hydrogen) atoms. The first-order valence-electron chi connectivity index (χ1n) is 8.12. The van der Waals surface area contributed by atoms with Gasteiger partial charge in [-0.3, -0.25) is 4.98 Å². The molecule has 3 aromatic rings. The summed E-state index contributed by atoms with van der Waals surface area (Å²) in [5.74, 6) is 0.691. The van der Waals surface area contributed by atoms with Crippen LogP contribution in [-0.4, -0.2) is 12.1 Å². The molecule has 0 amide bonds. The maximum atomic E-state index is 9.42. The summed E-state index contributed by atoms with van der Waals surface area (Å²) < 4.78 is 5.59. The molecule has 1 aliphatic carbocycles. The minimum atomic E-state index is 0.656. The molecule has 1 aliphatic rings. The lowest BCUT2D eigenvalue weighted by atomic mass is 9.96. The van der Waals surface area contributed by atoms with Gasteiger partial charge >= 0.3 is 0 Å². The van der Waals surface area contributed by atoms with E-state index in [0.717, 1.165) is 39.9 Å². The Kier molecular flexibility index (Phi) is 3.80. The van der Waals surface area contributed by atoms with Gasteiger partial charge in [-0.15, -0.1) is 0 Å². The van der Waals surface area contributed by atoms with Crippen LogP contribution >= 0.6 is 0 Å². The Labute approximate surface area is 146 Å². The number of aromatic nitrogens is 1. The second kappa shape index (κ2) is 6.26. The van der Waals surface area contributed by atoms with Crippen LogP contribution in [0.2, 0.25) is 0 Å². The highest BCUT2D eigenvalue weighted by Gasteiger charge is 2.19. The SMILES string of the molecule is COC1=Cc2c(C#N)cccc2Cc2cc(-c3ccccc3)cnc21. The molecule has 2 aromatic carbocycles. The van der Waals surface area contributed by atoms with E-state index in [2.05, 4.69) is 35.3 Å². The van der Waals surface area contributed by atoms with Gasteiger partial charge < -0.3 is 4.74 Å². The van der Waals surface area contributed by atoms with E-state index in [1.165, 1.54) is 0 Å². The maximum absolute atomic E-state index is 9.42. The molecule has 0 saturated heterocycles. The van der Waals surface area contributed by atoms with Gasteiger partial charge in [-0.25, -0.2) is 0 Å². The Morgan fingerprint density at radius 2 is 1.84 bits per heavy atom. The van der Waals surface area contributed by atoms with E-state index in [0.29, 0.717) is 11.3 Å². The molecule has 3 nitrogen and oxygen atoms in total. The van der Waals surface area contributed by atoms with Crippen molar-refractivity contribution in [1.82, 2.24) is 4.98 Å². The van der Waals surface area contributed by atoms with Gasteiger partial charge in [0.2, 0.25) is 0 Å². The van der Waals surface area contributed by atoms with Gasteiger partial charge in [0.1, 0.15) is 11.5 Å². The molecular formula is C22H16N2O. The number of methoxy groups -OCH3 is 1. The first kappa shape index (κ1) is 15.2. The molecule has 0 N–H and O–H groups in total. The van der Waals surface area contributed by atoms with Crippen molar-refractivity contribution in [2.24, 2.45) is 0 Å². The molecule has 120 valence electrons. The molecule has 0 unspecified atom stereocenters. The standard InChI is InChI=1S/C22H16N2O/c1-25-21-12-20-16(8-5-9-17(20)13-23)10-18-11-19(14-24-22(18)21)15-6-3-2-4-7-15/h2-9,11-12,14H,10H2,1H3. The Hall–Kier alpha value is -3.38. The largest absolute Gasteiger partial charge is 0.494 e. The Morgan fingerprint density at radius 1 is 1.00 bits per heavy atom. The number of nitrogens with zero attached hydrogens (tertiary/aromatic N) is 2. The van der Waals surface area contributed by atoms with Crippen molar-refractivity contribution >= 4 is 11.8 Å². The summed E-state index contributed by atoms with van der Waals surface area (Å²) in [5, 5.41) is 9.42. The summed E-state index contributed by atoms with van der Waals surface area (Å²) in [7, 11) is 1.64. The minimum absolute atomic E-state index is 0.656. The molecule has 0 aliphatic heterocycles. The summed E-state index contributed by atoms with van der Waals surface area (Å²) >= 11 is 0. The normalized spacial score (nSPS) is 12.2. The van der Waals surface area contributed by atoms with Gasteiger partial charge in [-0.2, -0.15) is 5.26 Å². The number of benzene rings is 2. The van der Waals surface area contributed by atoms with Crippen molar-refractivity contribution in [3.63, 3.8) is 0 Å². The maximum Gasteiger partial charge on any atom is 0.145 e. The van der Waals surface area contributed by atoms with Crippen molar-refractivity contribution in [2.75, 3.05) is 7.11 Å². The zero-order chi connectivity index (χ0) is 17.2. The van der Waals surface area contributed by atoms with Crippen molar-refractivity contribution in [3.8, 4) is 17.2 Å². The predicted molar refractivity (Wildman–Crippen MR) is 98.5 cm³/mol. The molecule has 4 rings (SSSR count). The molecule has 0 atom stereocenters. The lowest BCUT2D eigenvalue weighted by Gasteiger charge is -2.11. The summed E-state index contributed by atoms with van der Waals surface area (Å²) in [6, 6.07) is 20.5. The molecule has 3 heteroatoms. The minimum Gasteiger partial charge on any atom is -0.494 e. The van der Waals surface area contributed by atoms with Gasteiger partial charge in [-0.1, -0.05) is 42.5 Å². The third-order valence-electron chi connectivity index (χ3n) is 4.50. The average molecular weight is 324 g/mol. The van der Waals surface area contributed by atoms with E-state index >= 15 is 0 Å². The molecule has 0 spiro atoms. The van der Waals surface area contributed by atoms with E-state index in [9.17, 15) is 5.26 Å². The average Bonchev–Trinajstić information content (AvgIpc) is 2.84. The van der Waals surface area contributed by atoms with Crippen molar-refractivity contribution in [1.29, 1.82) is 5.26 Å². The third-order valence-corrected chi connectivity index (χ3v) is 4.50. The quantitative estimate of drug-likeness (QED) is 0.688. The summed E-state index contributed by atoms with van der Waals surface area (Å²) in [6.07, 6.45) is 4.52. The van der Waals surface area contributed by atoms with Crippen molar-refractivity contribution < 1.29 is 4.74 Å². The number of hydrogen-bond acceptors (Lipinski definition) is 3. The molecule has 0 fully saturated rings. The fourth-order valence-electron chi connectivity index (χ4n) is 3.25. The van der Waals surface area contributed by atoms with Crippen molar-refractivity contribution in [2.45, 2.75) is 6.42 Å². The fourth-order valence-corrected chi connectivity index (χ4v) is 3.25. The highest BCUT2D eigenvalue weighted by molar-refractivity contribution is 5.83. The third kappa shape index (κ3) is 2.68. The number of fused-ring (bicyclic) bond motifs is 2. The Bertz CT molecular complexity index is 1010. The summed E-state index contributed by atoms with van der Waals surface area (Å²) in [4.78, 5) is 4.67. The lowest BCUT2D eigenvalue weighted by Crippen LogP contribution is -1.99. The Morgan fingerprint density at radius 3 is 2.60 bits per heavy atom. The van der Waals surface area contributed by atoms with Crippen LogP contribution in [-0.2, 0) is 11.2 Å². The van der Waals surface area contributed by atoms with E-state index in [-0.39, 0.29) is 0 Å².